The zero-order chi connectivity index (χ0) is 29.0. The summed E-state index contributed by atoms with van der Waals surface area (Å²) in [6, 6.07) is 6.93. The Hall–Kier alpha value is -3.28. The van der Waals surface area contributed by atoms with Crippen molar-refractivity contribution in [2.75, 3.05) is 5.33 Å². The van der Waals surface area contributed by atoms with E-state index in [2.05, 4.69) is 15.9 Å². The SMILES string of the molecule is CCc1c2c(nc3ccc(OC(=O)OC(C)(C)C)cc13)-c1cc3c(c(=O)n1C2)COC(=O)[C@@]3(CC)OC(O)CBr. The number of halogens is 1. The minimum absolute atomic E-state index is 0.0805. The van der Waals surface area contributed by atoms with Crippen molar-refractivity contribution in [2.24, 2.45) is 0 Å². The van der Waals surface area contributed by atoms with Gasteiger partial charge < -0.3 is 28.6 Å². The van der Waals surface area contributed by atoms with E-state index in [4.69, 9.17) is 23.9 Å². The molecule has 0 spiro atoms. The van der Waals surface area contributed by atoms with Crippen molar-refractivity contribution in [3.05, 3.63) is 56.9 Å². The van der Waals surface area contributed by atoms with Crippen LogP contribution < -0.4 is 10.3 Å². The first kappa shape index (κ1) is 28.3. The molecule has 2 aliphatic rings. The van der Waals surface area contributed by atoms with Gasteiger partial charge in [0.25, 0.3) is 5.56 Å². The van der Waals surface area contributed by atoms with Crippen LogP contribution in [0.1, 0.15) is 63.3 Å². The third-order valence-electron chi connectivity index (χ3n) is 7.16. The fraction of sp³-hybridized carbons (Fsp3) is 0.448. The first-order valence-electron chi connectivity index (χ1n) is 13.1. The molecule has 3 aromatic rings. The summed E-state index contributed by atoms with van der Waals surface area (Å²) in [5.41, 5.74) is 1.79. The summed E-state index contributed by atoms with van der Waals surface area (Å²) in [4.78, 5) is 43.9. The maximum absolute atomic E-state index is 13.8. The fourth-order valence-corrected chi connectivity index (χ4v) is 5.55. The van der Waals surface area contributed by atoms with Crippen molar-refractivity contribution in [1.82, 2.24) is 9.55 Å². The van der Waals surface area contributed by atoms with Gasteiger partial charge in [-0.25, -0.2) is 14.6 Å². The maximum atomic E-state index is 13.8. The Bertz CT molecular complexity index is 1590. The van der Waals surface area contributed by atoms with E-state index >= 15 is 0 Å². The molecule has 5 rings (SSSR count). The minimum atomic E-state index is -1.63. The molecule has 40 heavy (non-hydrogen) atoms. The van der Waals surface area contributed by atoms with E-state index in [0.29, 0.717) is 40.2 Å². The molecule has 11 heteroatoms. The molecule has 0 aliphatic carbocycles. The molecule has 4 heterocycles. The van der Waals surface area contributed by atoms with Gasteiger partial charge in [-0.2, -0.15) is 0 Å². The van der Waals surface area contributed by atoms with Crippen LogP contribution in [0, 0.1) is 0 Å². The van der Waals surface area contributed by atoms with Crippen LogP contribution in [-0.2, 0) is 44.2 Å². The lowest BCUT2D eigenvalue weighted by atomic mass is 9.85. The van der Waals surface area contributed by atoms with Crippen LogP contribution in [0.2, 0.25) is 0 Å². The molecule has 0 fully saturated rings. The predicted molar refractivity (Wildman–Crippen MR) is 149 cm³/mol. The molecule has 0 bridgehead atoms. The Kier molecular flexibility index (Phi) is 7.26. The molecule has 0 saturated carbocycles. The lowest BCUT2D eigenvalue weighted by molar-refractivity contribution is -0.214. The number of carbonyl (C=O) groups is 2. The van der Waals surface area contributed by atoms with E-state index in [1.54, 1.807) is 56.5 Å². The van der Waals surface area contributed by atoms with Crippen LogP contribution >= 0.6 is 15.9 Å². The molecule has 1 aromatic carbocycles. The number of hydrogen-bond acceptors (Lipinski definition) is 9. The van der Waals surface area contributed by atoms with E-state index in [1.807, 2.05) is 6.92 Å². The smallest absolute Gasteiger partial charge is 0.458 e. The quantitative estimate of drug-likeness (QED) is 0.142. The summed E-state index contributed by atoms with van der Waals surface area (Å²) in [6.45, 7) is 9.15. The fourth-order valence-electron chi connectivity index (χ4n) is 5.42. The first-order valence-corrected chi connectivity index (χ1v) is 14.3. The summed E-state index contributed by atoms with van der Waals surface area (Å²) < 4.78 is 23.5. The summed E-state index contributed by atoms with van der Waals surface area (Å²) >= 11 is 3.17. The highest BCUT2D eigenvalue weighted by atomic mass is 79.9. The molecular formula is C29H31BrN2O8. The molecular weight excluding hydrogens is 584 g/mol. The van der Waals surface area contributed by atoms with Crippen molar-refractivity contribution >= 4 is 39.0 Å². The number of hydrogen-bond donors (Lipinski definition) is 1. The van der Waals surface area contributed by atoms with E-state index < -0.39 is 29.6 Å². The van der Waals surface area contributed by atoms with Crippen LogP contribution in [-0.4, -0.2) is 44.0 Å². The van der Waals surface area contributed by atoms with Gasteiger partial charge in [-0.3, -0.25) is 4.79 Å². The summed E-state index contributed by atoms with van der Waals surface area (Å²) in [6.07, 6.45) is -1.29. The normalized spacial score (nSPS) is 18.5. The van der Waals surface area contributed by atoms with Crippen LogP contribution in [0.4, 0.5) is 4.79 Å². The lowest BCUT2D eigenvalue weighted by Crippen LogP contribution is -2.48. The highest BCUT2D eigenvalue weighted by Gasteiger charge is 2.49. The molecule has 1 unspecified atom stereocenters. The average Bonchev–Trinajstić information content (AvgIpc) is 3.26. The van der Waals surface area contributed by atoms with E-state index in [1.165, 1.54) is 0 Å². The highest BCUT2D eigenvalue weighted by molar-refractivity contribution is 9.09. The number of pyridine rings is 2. The van der Waals surface area contributed by atoms with Gasteiger partial charge in [-0.05, 0) is 63.4 Å². The van der Waals surface area contributed by atoms with Gasteiger partial charge in [0.1, 0.15) is 18.0 Å². The zero-order valence-corrected chi connectivity index (χ0v) is 24.6. The standard InChI is InChI=1S/C29H31BrN2O8/c1-6-16-17-10-15(38-27(36)40-28(3,4)5)8-9-21(17)31-24-18(16)13-32-22(24)11-20-19(25(32)34)14-37-26(35)29(20,7-2)39-23(33)12-30/h8-11,23,33H,6-7,12-14H2,1-5H3/t23?,29-/m0/s1. The van der Waals surface area contributed by atoms with Gasteiger partial charge in [-0.15, -0.1) is 0 Å². The van der Waals surface area contributed by atoms with Gasteiger partial charge in [0, 0.05) is 16.5 Å². The van der Waals surface area contributed by atoms with Crippen LogP contribution in [0.5, 0.6) is 5.75 Å². The Balaban J connectivity index is 1.64. The number of cyclic esters (lactones) is 1. The molecule has 212 valence electrons. The third-order valence-corrected chi connectivity index (χ3v) is 7.71. The number of aliphatic hydroxyl groups excluding tert-OH is 1. The van der Waals surface area contributed by atoms with E-state index in [-0.39, 0.29) is 30.5 Å². The molecule has 10 nitrogen and oxygen atoms in total. The molecule has 2 aromatic heterocycles. The van der Waals surface area contributed by atoms with Crippen LogP contribution in [0.25, 0.3) is 22.3 Å². The van der Waals surface area contributed by atoms with Gasteiger partial charge in [0.15, 0.2) is 11.9 Å². The predicted octanol–water partition coefficient (Wildman–Crippen LogP) is 4.69. The molecule has 0 amide bonds. The van der Waals surface area contributed by atoms with E-state index in [0.717, 1.165) is 16.5 Å². The highest BCUT2D eigenvalue weighted by Crippen LogP contribution is 2.42. The average molecular weight is 615 g/mol. The number of aliphatic hydroxyl groups is 1. The third kappa shape index (κ3) is 4.69. The van der Waals surface area contributed by atoms with Crippen molar-refractivity contribution < 1.29 is 33.6 Å². The van der Waals surface area contributed by atoms with Crippen molar-refractivity contribution in [2.45, 2.75) is 78.1 Å². The maximum Gasteiger partial charge on any atom is 0.514 e. The van der Waals surface area contributed by atoms with Crippen LogP contribution in [0.3, 0.4) is 0 Å². The Morgan fingerprint density at radius 2 is 1.98 bits per heavy atom. The second-order valence-electron chi connectivity index (χ2n) is 10.8. The topological polar surface area (TPSA) is 126 Å². The van der Waals surface area contributed by atoms with Crippen LogP contribution in [0.15, 0.2) is 29.1 Å². The molecule has 2 aliphatic heterocycles. The monoisotopic (exact) mass is 614 g/mol. The van der Waals surface area contributed by atoms with Crippen molar-refractivity contribution in [1.29, 1.82) is 0 Å². The lowest BCUT2D eigenvalue weighted by Gasteiger charge is -2.37. The molecule has 0 radical (unpaired) electrons. The minimum Gasteiger partial charge on any atom is -0.458 e. The number of nitrogens with zero attached hydrogens (tertiary/aromatic N) is 2. The van der Waals surface area contributed by atoms with Gasteiger partial charge in [-0.1, -0.05) is 29.8 Å². The Morgan fingerprint density at radius 1 is 1.23 bits per heavy atom. The number of esters is 1. The van der Waals surface area contributed by atoms with Gasteiger partial charge in [0.05, 0.1) is 34.3 Å². The number of aryl methyl sites for hydroxylation is 1. The number of carbonyl (C=O) groups excluding carboxylic acids is 2. The number of rotatable bonds is 6. The van der Waals surface area contributed by atoms with Gasteiger partial charge in [0.2, 0.25) is 0 Å². The molecule has 0 saturated heterocycles. The molecule has 2 atom stereocenters. The van der Waals surface area contributed by atoms with Crippen molar-refractivity contribution in [3.8, 4) is 17.1 Å². The van der Waals surface area contributed by atoms with Gasteiger partial charge >= 0.3 is 12.1 Å². The number of ether oxygens (including phenoxy) is 4. The number of fused-ring (bicyclic) bond motifs is 5. The Labute approximate surface area is 239 Å². The number of benzene rings is 1. The zero-order valence-electron chi connectivity index (χ0n) is 23.0. The number of alkyl halides is 1. The summed E-state index contributed by atoms with van der Waals surface area (Å²) in [7, 11) is 0. The second-order valence-corrected chi connectivity index (χ2v) is 11.5. The number of aromatic nitrogens is 2. The first-order chi connectivity index (χ1) is 18.9. The molecule has 1 N–H and O–H groups in total. The van der Waals surface area contributed by atoms with E-state index in [9.17, 15) is 19.5 Å². The Morgan fingerprint density at radius 3 is 2.62 bits per heavy atom. The second kappa shape index (κ2) is 10.3. The summed E-state index contributed by atoms with van der Waals surface area (Å²) in [5, 5.41) is 11.2. The van der Waals surface area contributed by atoms with Crippen molar-refractivity contribution in [3.63, 3.8) is 0 Å². The largest absolute Gasteiger partial charge is 0.514 e. The summed E-state index contributed by atoms with van der Waals surface area (Å²) in [5.74, 6) is -0.324.